The molecule has 8 nitrogen and oxygen atoms in total. The van der Waals surface area contributed by atoms with Crippen molar-refractivity contribution >= 4 is 35.0 Å². The highest BCUT2D eigenvalue weighted by molar-refractivity contribution is 7.99. The van der Waals surface area contributed by atoms with E-state index < -0.39 is 0 Å². The van der Waals surface area contributed by atoms with Crippen LogP contribution in [0.5, 0.6) is 0 Å². The molecule has 2 aromatic heterocycles. The zero-order valence-corrected chi connectivity index (χ0v) is 20.6. The molecule has 180 valence electrons. The highest BCUT2D eigenvalue weighted by Crippen LogP contribution is 2.21. The van der Waals surface area contributed by atoms with Gasteiger partial charge in [0.2, 0.25) is 11.8 Å². The van der Waals surface area contributed by atoms with E-state index in [0.29, 0.717) is 17.8 Å². The third-order valence-corrected chi connectivity index (χ3v) is 6.44. The third kappa shape index (κ3) is 6.83. The van der Waals surface area contributed by atoms with Crippen LogP contribution in [0.3, 0.4) is 0 Å². The van der Waals surface area contributed by atoms with Gasteiger partial charge in [0, 0.05) is 50.2 Å². The topological polar surface area (TPSA) is 93.8 Å². The molecule has 0 aliphatic carbocycles. The maximum atomic E-state index is 12.6. The van der Waals surface area contributed by atoms with Crippen LogP contribution in [0.2, 0.25) is 0 Å². The van der Waals surface area contributed by atoms with Gasteiger partial charge in [-0.05, 0) is 48.4 Å². The molecule has 0 aliphatic rings. The molecule has 0 saturated heterocycles. The molecule has 0 spiro atoms. The van der Waals surface area contributed by atoms with E-state index in [4.69, 9.17) is 0 Å². The first-order valence-electron chi connectivity index (χ1n) is 11.3. The highest BCUT2D eigenvalue weighted by atomic mass is 32.2. The van der Waals surface area contributed by atoms with Crippen LogP contribution in [-0.2, 0) is 36.0 Å². The van der Waals surface area contributed by atoms with Gasteiger partial charge in [0.05, 0.1) is 5.75 Å². The molecule has 2 aromatic carbocycles. The van der Waals surface area contributed by atoms with Gasteiger partial charge in [-0.15, -0.1) is 10.2 Å². The lowest BCUT2D eigenvalue weighted by atomic mass is 10.1. The van der Waals surface area contributed by atoms with E-state index in [1.165, 1.54) is 24.2 Å². The summed E-state index contributed by atoms with van der Waals surface area (Å²) < 4.78 is 4.19. The first kappa shape index (κ1) is 24.3. The van der Waals surface area contributed by atoms with Crippen LogP contribution in [0.1, 0.15) is 24.0 Å². The standard InChI is InChI=1S/C26H28N6O2S/c1-19(33)27-21-10-12-22(13-11-21)28-25(34)18-35-26-30-29-24(17-23-9-6-15-31(23)2)32(26)16-14-20-7-4-3-5-8-20/h3-13,15H,14,16-18H2,1-2H3,(H,27,33)(H,28,34). The van der Waals surface area contributed by atoms with E-state index in [1.807, 2.05) is 37.5 Å². The fraction of sp³-hybridized carbons (Fsp3) is 0.231. The van der Waals surface area contributed by atoms with Gasteiger partial charge in [-0.3, -0.25) is 9.59 Å². The van der Waals surface area contributed by atoms with Gasteiger partial charge in [0.15, 0.2) is 5.16 Å². The molecule has 0 unspecified atom stereocenters. The summed E-state index contributed by atoms with van der Waals surface area (Å²) in [5, 5.41) is 15.2. The number of aromatic nitrogens is 4. The van der Waals surface area contributed by atoms with Crippen molar-refractivity contribution in [3.05, 3.63) is 90.0 Å². The summed E-state index contributed by atoms with van der Waals surface area (Å²) in [5.41, 5.74) is 3.74. The van der Waals surface area contributed by atoms with Crippen molar-refractivity contribution in [1.82, 2.24) is 19.3 Å². The Hall–Kier alpha value is -3.85. The van der Waals surface area contributed by atoms with Crippen LogP contribution < -0.4 is 10.6 Å². The second-order valence-electron chi connectivity index (χ2n) is 8.17. The molecule has 0 bridgehead atoms. The van der Waals surface area contributed by atoms with Crippen LogP contribution in [0, 0.1) is 0 Å². The Balaban J connectivity index is 1.42. The minimum absolute atomic E-state index is 0.135. The van der Waals surface area contributed by atoms with Crippen molar-refractivity contribution in [3.63, 3.8) is 0 Å². The second-order valence-corrected chi connectivity index (χ2v) is 9.11. The number of nitrogens with zero attached hydrogens (tertiary/aromatic N) is 4. The average molecular weight is 489 g/mol. The molecule has 0 saturated carbocycles. The predicted molar refractivity (Wildman–Crippen MR) is 138 cm³/mol. The smallest absolute Gasteiger partial charge is 0.234 e. The highest BCUT2D eigenvalue weighted by Gasteiger charge is 2.16. The van der Waals surface area contributed by atoms with Crippen molar-refractivity contribution in [2.45, 2.75) is 31.5 Å². The van der Waals surface area contributed by atoms with E-state index in [-0.39, 0.29) is 17.6 Å². The zero-order valence-electron chi connectivity index (χ0n) is 19.8. The first-order chi connectivity index (χ1) is 17.0. The number of thioether (sulfide) groups is 1. The van der Waals surface area contributed by atoms with Gasteiger partial charge in [0.25, 0.3) is 0 Å². The summed E-state index contributed by atoms with van der Waals surface area (Å²) in [4.78, 5) is 23.7. The van der Waals surface area contributed by atoms with Crippen molar-refractivity contribution < 1.29 is 9.59 Å². The van der Waals surface area contributed by atoms with Gasteiger partial charge in [-0.1, -0.05) is 42.1 Å². The molecule has 2 N–H and O–H groups in total. The van der Waals surface area contributed by atoms with Crippen LogP contribution in [0.25, 0.3) is 0 Å². The number of carbonyl (C=O) groups excluding carboxylic acids is 2. The summed E-state index contributed by atoms with van der Waals surface area (Å²) in [6, 6.07) is 21.4. The monoisotopic (exact) mass is 488 g/mol. The van der Waals surface area contributed by atoms with E-state index in [2.05, 4.69) is 48.2 Å². The number of amides is 2. The normalized spacial score (nSPS) is 10.8. The number of aryl methyl sites for hydroxylation is 2. The van der Waals surface area contributed by atoms with Crippen LogP contribution in [-0.4, -0.2) is 36.9 Å². The number of hydrogen-bond acceptors (Lipinski definition) is 5. The minimum atomic E-state index is -0.138. The average Bonchev–Trinajstić information content (AvgIpc) is 3.43. The Bertz CT molecular complexity index is 1280. The van der Waals surface area contributed by atoms with E-state index in [9.17, 15) is 9.59 Å². The number of nitrogens with one attached hydrogen (secondary N) is 2. The molecule has 0 atom stereocenters. The van der Waals surface area contributed by atoms with Crippen molar-refractivity contribution in [2.24, 2.45) is 7.05 Å². The molecule has 0 fully saturated rings. The van der Waals surface area contributed by atoms with Crippen molar-refractivity contribution in [2.75, 3.05) is 16.4 Å². The molecule has 0 radical (unpaired) electrons. The van der Waals surface area contributed by atoms with Crippen LogP contribution >= 0.6 is 11.8 Å². The molecular formula is C26H28N6O2S. The Morgan fingerprint density at radius 1 is 0.914 bits per heavy atom. The van der Waals surface area contributed by atoms with Gasteiger partial charge >= 0.3 is 0 Å². The summed E-state index contributed by atoms with van der Waals surface area (Å²) in [5.74, 6) is 0.810. The number of rotatable bonds is 10. The van der Waals surface area contributed by atoms with E-state index in [1.54, 1.807) is 24.3 Å². The molecular weight excluding hydrogens is 460 g/mol. The quantitative estimate of drug-likeness (QED) is 0.327. The maximum Gasteiger partial charge on any atom is 0.234 e. The zero-order chi connectivity index (χ0) is 24.6. The van der Waals surface area contributed by atoms with Gasteiger partial charge in [-0.25, -0.2) is 0 Å². The molecule has 0 aliphatic heterocycles. The molecule has 2 amide bonds. The summed E-state index contributed by atoms with van der Waals surface area (Å²) >= 11 is 1.37. The fourth-order valence-corrected chi connectivity index (χ4v) is 4.46. The third-order valence-electron chi connectivity index (χ3n) is 5.47. The number of hydrogen-bond donors (Lipinski definition) is 2. The largest absolute Gasteiger partial charge is 0.354 e. The lowest BCUT2D eigenvalue weighted by molar-refractivity contribution is -0.114. The summed E-state index contributed by atoms with van der Waals surface area (Å²) in [7, 11) is 2.02. The molecule has 9 heteroatoms. The van der Waals surface area contributed by atoms with Crippen LogP contribution in [0.15, 0.2) is 78.1 Å². The molecule has 4 rings (SSSR count). The Morgan fingerprint density at radius 3 is 2.29 bits per heavy atom. The summed E-state index contributed by atoms with van der Waals surface area (Å²) in [6.45, 7) is 2.18. The molecule has 35 heavy (non-hydrogen) atoms. The van der Waals surface area contributed by atoms with E-state index in [0.717, 1.165) is 29.6 Å². The Kier molecular flexibility index (Phi) is 7.99. The van der Waals surface area contributed by atoms with Crippen molar-refractivity contribution in [3.8, 4) is 0 Å². The Morgan fingerprint density at radius 2 is 1.63 bits per heavy atom. The molecule has 4 aromatic rings. The number of carbonyl (C=O) groups is 2. The van der Waals surface area contributed by atoms with Gasteiger partial charge in [0.1, 0.15) is 5.82 Å². The first-order valence-corrected chi connectivity index (χ1v) is 12.3. The second kappa shape index (κ2) is 11.5. The summed E-state index contributed by atoms with van der Waals surface area (Å²) in [6.07, 6.45) is 3.53. The van der Waals surface area contributed by atoms with Crippen LogP contribution in [0.4, 0.5) is 11.4 Å². The van der Waals surface area contributed by atoms with Gasteiger partial charge in [-0.2, -0.15) is 0 Å². The lowest BCUT2D eigenvalue weighted by Crippen LogP contribution is -2.15. The predicted octanol–water partition coefficient (Wildman–Crippen LogP) is 4.14. The lowest BCUT2D eigenvalue weighted by Gasteiger charge is -2.11. The Labute approximate surface area is 208 Å². The van der Waals surface area contributed by atoms with E-state index >= 15 is 0 Å². The fourth-order valence-electron chi connectivity index (χ4n) is 3.68. The minimum Gasteiger partial charge on any atom is -0.354 e. The number of anilines is 2. The maximum absolute atomic E-state index is 12.6. The number of benzene rings is 2. The SMILES string of the molecule is CC(=O)Nc1ccc(NC(=O)CSc2nnc(Cc3cccn3C)n2CCc2ccccc2)cc1. The van der Waals surface area contributed by atoms with Gasteiger partial charge < -0.3 is 19.8 Å². The van der Waals surface area contributed by atoms with Crippen molar-refractivity contribution in [1.29, 1.82) is 0 Å². The molecule has 2 heterocycles.